The Bertz CT molecular complexity index is 470. The van der Waals surface area contributed by atoms with Crippen molar-refractivity contribution in [2.45, 2.75) is 32.4 Å². The van der Waals surface area contributed by atoms with Crippen LogP contribution in [-0.4, -0.2) is 36.0 Å². The van der Waals surface area contributed by atoms with Crippen LogP contribution in [0.1, 0.15) is 19.4 Å². The Morgan fingerprint density at radius 3 is 2.42 bits per heavy atom. The molecule has 1 aromatic rings. The fourth-order valence-corrected chi connectivity index (χ4v) is 2.46. The first-order valence-corrected chi connectivity index (χ1v) is 6.51. The maximum Gasteiger partial charge on any atom is 0.329 e. The van der Waals surface area contributed by atoms with E-state index >= 15 is 0 Å². The first-order valence-electron chi connectivity index (χ1n) is 6.51. The summed E-state index contributed by atoms with van der Waals surface area (Å²) in [6.07, 6.45) is -0.268. The quantitative estimate of drug-likeness (QED) is 0.777. The second-order valence-corrected chi connectivity index (χ2v) is 5.25. The molecule has 0 unspecified atom stereocenters. The van der Waals surface area contributed by atoms with Crippen molar-refractivity contribution in [3.63, 3.8) is 0 Å². The Morgan fingerprint density at radius 2 is 1.84 bits per heavy atom. The van der Waals surface area contributed by atoms with Crippen LogP contribution in [0.5, 0.6) is 0 Å². The van der Waals surface area contributed by atoms with E-state index in [1.807, 2.05) is 44.2 Å². The van der Waals surface area contributed by atoms with Crippen molar-refractivity contribution in [3.05, 3.63) is 35.9 Å². The fourth-order valence-electron chi connectivity index (χ4n) is 2.46. The van der Waals surface area contributed by atoms with Gasteiger partial charge < -0.3 is 9.64 Å². The summed E-state index contributed by atoms with van der Waals surface area (Å²) in [5.74, 6) is -0.376. The number of hydrogen-bond acceptors (Lipinski definition) is 3. The van der Waals surface area contributed by atoms with Gasteiger partial charge in [0.05, 0.1) is 0 Å². The summed E-state index contributed by atoms with van der Waals surface area (Å²) >= 11 is 0. The molecule has 2 rings (SSSR count). The summed E-state index contributed by atoms with van der Waals surface area (Å²) in [6.45, 7) is 3.82. The second kappa shape index (κ2) is 5.43. The summed E-state index contributed by atoms with van der Waals surface area (Å²) in [5.41, 5.74) is 0.991. The van der Waals surface area contributed by atoms with Crippen molar-refractivity contribution in [1.29, 1.82) is 0 Å². The molecule has 1 aliphatic heterocycles. The van der Waals surface area contributed by atoms with E-state index in [0.29, 0.717) is 6.42 Å². The van der Waals surface area contributed by atoms with E-state index in [1.165, 1.54) is 4.90 Å². The standard InChI is InChI=1S/C15H19NO3/c1-10(2)13-15(18)19-12(14(17)16(13)3)9-11-7-5-4-6-8-11/h4-8,10,12-13H,9H2,1-3H3/t12-,13-/m1/s1. The lowest BCUT2D eigenvalue weighted by Crippen LogP contribution is -2.57. The van der Waals surface area contributed by atoms with Gasteiger partial charge in [0.2, 0.25) is 0 Å². The molecule has 0 N–H and O–H groups in total. The monoisotopic (exact) mass is 261 g/mol. The maximum absolute atomic E-state index is 12.2. The highest BCUT2D eigenvalue weighted by atomic mass is 16.6. The molecule has 1 fully saturated rings. The predicted molar refractivity (Wildman–Crippen MR) is 71.4 cm³/mol. The largest absolute Gasteiger partial charge is 0.450 e. The average molecular weight is 261 g/mol. The number of morpholine rings is 1. The molecule has 4 nitrogen and oxygen atoms in total. The zero-order valence-corrected chi connectivity index (χ0v) is 11.5. The molecule has 1 amide bonds. The third kappa shape index (κ3) is 2.78. The van der Waals surface area contributed by atoms with Crippen molar-refractivity contribution in [3.8, 4) is 0 Å². The molecule has 0 saturated carbocycles. The third-order valence-corrected chi connectivity index (χ3v) is 3.44. The molecule has 0 aromatic heterocycles. The van der Waals surface area contributed by atoms with Gasteiger partial charge in [0.15, 0.2) is 6.10 Å². The molecular weight excluding hydrogens is 242 g/mol. The lowest BCUT2D eigenvalue weighted by molar-refractivity contribution is -0.178. The fraction of sp³-hybridized carbons (Fsp3) is 0.467. The molecule has 0 spiro atoms. The average Bonchev–Trinajstić information content (AvgIpc) is 2.36. The van der Waals surface area contributed by atoms with E-state index < -0.39 is 12.1 Å². The van der Waals surface area contributed by atoms with Gasteiger partial charge in [-0.2, -0.15) is 0 Å². The molecule has 1 aliphatic rings. The number of benzene rings is 1. The van der Waals surface area contributed by atoms with Crippen molar-refractivity contribution in [2.24, 2.45) is 5.92 Å². The molecule has 1 aromatic carbocycles. The van der Waals surface area contributed by atoms with Crippen molar-refractivity contribution >= 4 is 11.9 Å². The van der Waals surface area contributed by atoms with Crippen LogP contribution in [-0.2, 0) is 20.7 Å². The number of carbonyl (C=O) groups excluding carboxylic acids is 2. The summed E-state index contributed by atoms with van der Waals surface area (Å²) in [4.78, 5) is 25.7. The van der Waals surface area contributed by atoms with Gasteiger partial charge in [-0.1, -0.05) is 44.2 Å². The summed E-state index contributed by atoms with van der Waals surface area (Å²) in [7, 11) is 1.67. The van der Waals surface area contributed by atoms with Crippen LogP contribution < -0.4 is 0 Å². The van der Waals surface area contributed by atoms with Gasteiger partial charge in [0, 0.05) is 13.5 Å². The van der Waals surface area contributed by atoms with E-state index in [9.17, 15) is 9.59 Å². The number of ether oxygens (including phenoxy) is 1. The zero-order valence-electron chi connectivity index (χ0n) is 11.5. The van der Waals surface area contributed by atoms with Gasteiger partial charge in [-0.05, 0) is 11.5 Å². The highest BCUT2D eigenvalue weighted by molar-refractivity contribution is 5.92. The molecule has 1 saturated heterocycles. The number of esters is 1. The number of rotatable bonds is 3. The van der Waals surface area contributed by atoms with E-state index in [0.717, 1.165) is 5.56 Å². The van der Waals surface area contributed by atoms with E-state index in [-0.39, 0.29) is 17.8 Å². The van der Waals surface area contributed by atoms with E-state index in [4.69, 9.17) is 4.74 Å². The SMILES string of the molecule is CC(C)[C@@H]1C(=O)O[C@H](Cc2ccccc2)C(=O)N1C. The zero-order chi connectivity index (χ0) is 14.0. The highest BCUT2D eigenvalue weighted by Crippen LogP contribution is 2.21. The molecule has 2 atom stereocenters. The third-order valence-electron chi connectivity index (χ3n) is 3.44. The molecule has 19 heavy (non-hydrogen) atoms. The number of hydrogen-bond donors (Lipinski definition) is 0. The van der Waals surface area contributed by atoms with Gasteiger partial charge >= 0.3 is 5.97 Å². The topological polar surface area (TPSA) is 46.6 Å². The first-order chi connectivity index (χ1) is 9.00. The van der Waals surface area contributed by atoms with Crippen molar-refractivity contribution in [1.82, 2.24) is 4.90 Å². The molecule has 0 radical (unpaired) electrons. The lowest BCUT2D eigenvalue weighted by atomic mass is 9.98. The summed E-state index contributed by atoms with van der Waals surface area (Å²) < 4.78 is 5.32. The number of carbonyl (C=O) groups is 2. The van der Waals surface area contributed by atoms with Crippen LogP contribution in [0.2, 0.25) is 0 Å². The number of amides is 1. The normalized spacial score (nSPS) is 23.7. The summed E-state index contributed by atoms with van der Waals surface area (Å²) in [5, 5.41) is 0. The number of cyclic esters (lactones) is 1. The molecular formula is C15H19NO3. The van der Waals surface area contributed by atoms with Crippen LogP contribution in [0.15, 0.2) is 30.3 Å². The minimum Gasteiger partial charge on any atom is -0.450 e. The van der Waals surface area contributed by atoms with Gasteiger partial charge in [0.25, 0.3) is 5.91 Å². The van der Waals surface area contributed by atoms with E-state index in [2.05, 4.69) is 0 Å². The lowest BCUT2D eigenvalue weighted by Gasteiger charge is -2.37. The predicted octanol–water partition coefficient (Wildman–Crippen LogP) is 1.64. The smallest absolute Gasteiger partial charge is 0.329 e. The van der Waals surface area contributed by atoms with Gasteiger partial charge in [-0.25, -0.2) is 4.79 Å². The first kappa shape index (κ1) is 13.6. The Hall–Kier alpha value is -1.84. The van der Waals surface area contributed by atoms with Crippen LogP contribution in [0, 0.1) is 5.92 Å². The molecule has 4 heteroatoms. The minimum absolute atomic E-state index is 0.0547. The van der Waals surface area contributed by atoms with Crippen LogP contribution in [0.3, 0.4) is 0 Å². The van der Waals surface area contributed by atoms with Crippen molar-refractivity contribution < 1.29 is 14.3 Å². The number of nitrogens with zero attached hydrogens (tertiary/aromatic N) is 1. The van der Waals surface area contributed by atoms with Crippen LogP contribution in [0.4, 0.5) is 0 Å². The highest BCUT2D eigenvalue weighted by Gasteiger charge is 2.41. The molecule has 102 valence electrons. The second-order valence-electron chi connectivity index (χ2n) is 5.25. The Kier molecular flexibility index (Phi) is 3.88. The molecule has 1 heterocycles. The molecule has 0 aliphatic carbocycles. The number of likely N-dealkylation sites (N-methyl/N-ethyl adjacent to an activating group) is 1. The van der Waals surface area contributed by atoms with Crippen LogP contribution >= 0.6 is 0 Å². The van der Waals surface area contributed by atoms with Crippen LogP contribution in [0.25, 0.3) is 0 Å². The summed E-state index contributed by atoms with van der Waals surface area (Å²) in [6, 6.07) is 9.11. The Labute approximate surface area is 113 Å². The van der Waals surface area contributed by atoms with Gasteiger partial charge in [0.1, 0.15) is 6.04 Å². The van der Waals surface area contributed by atoms with Crippen molar-refractivity contribution in [2.75, 3.05) is 7.05 Å². The molecule has 0 bridgehead atoms. The maximum atomic E-state index is 12.2. The van der Waals surface area contributed by atoms with Gasteiger partial charge in [-0.3, -0.25) is 4.79 Å². The van der Waals surface area contributed by atoms with Gasteiger partial charge in [-0.15, -0.1) is 0 Å². The minimum atomic E-state index is -0.699. The Balaban J connectivity index is 2.13. The Morgan fingerprint density at radius 1 is 1.21 bits per heavy atom. The van der Waals surface area contributed by atoms with E-state index in [1.54, 1.807) is 7.05 Å².